The van der Waals surface area contributed by atoms with Gasteiger partial charge in [0, 0.05) is 37.9 Å². The van der Waals surface area contributed by atoms with Crippen molar-refractivity contribution in [2.75, 3.05) is 6.54 Å². The minimum Gasteiger partial charge on any atom is -0.478 e. The normalized spacial score (nSPS) is 10.1. The van der Waals surface area contributed by atoms with Crippen molar-refractivity contribution in [3.63, 3.8) is 0 Å². The average Bonchev–Trinajstić information content (AvgIpc) is 2.91. The van der Waals surface area contributed by atoms with Crippen molar-refractivity contribution in [3.05, 3.63) is 48.3 Å². The highest BCUT2D eigenvalue weighted by Gasteiger charge is 2.15. The van der Waals surface area contributed by atoms with E-state index in [0.717, 1.165) is 6.20 Å². The van der Waals surface area contributed by atoms with Gasteiger partial charge in [0.25, 0.3) is 5.91 Å². The zero-order valence-electron chi connectivity index (χ0n) is 9.98. The second-order valence-corrected chi connectivity index (χ2v) is 3.78. The molecule has 98 valence electrons. The molecule has 2 N–H and O–H groups in total. The van der Waals surface area contributed by atoms with Gasteiger partial charge >= 0.3 is 5.97 Å². The van der Waals surface area contributed by atoms with Crippen LogP contribution in [0.1, 0.15) is 20.7 Å². The standard InChI is InChI=1S/C12H12N4O3/c17-11(15-4-6-16-5-3-14-8-16)9-1-2-13-7-10(9)12(18)19/h1-3,5,7-8H,4,6H2,(H,15,17)(H,18,19). The molecule has 0 aromatic carbocycles. The summed E-state index contributed by atoms with van der Waals surface area (Å²) in [7, 11) is 0. The number of imidazole rings is 1. The molecule has 2 aromatic rings. The van der Waals surface area contributed by atoms with Gasteiger partial charge < -0.3 is 15.0 Å². The number of aromatic carboxylic acids is 1. The number of amides is 1. The topological polar surface area (TPSA) is 97.1 Å². The molecular weight excluding hydrogens is 248 g/mol. The first-order chi connectivity index (χ1) is 9.18. The maximum atomic E-state index is 11.9. The lowest BCUT2D eigenvalue weighted by Crippen LogP contribution is -2.28. The monoisotopic (exact) mass is 260 g/mol. The second kappa shape index (κ2) is 5.76. The van der Waals surface area contributed by atoms with E-state index in [-0.39, 0.29) is 11.1 Å². The molecule has 2 rings (SSSR count). The van der Waals surface area contributed by atoms with Crippen LogP contribution in [0.2, 0.25) is 0 Å². The van der Waals surface area contributed by atoms with Crippen molar-refractivity contribution in [2.45, 2.75) is 6.54 Å². The summed E-state index contributed by atoms with van der Waals surface area (Å²) >= 11 is 0. The van der Waals surface area contributed by atoms with Gasteiger partial charge in [0.2, 0.25) is 0 Å². The van der Waals surface area contributed by atoms with Gasteiger partial charge in [0.05, 0.1) is 17.5 Å². The van der Waals surface area contributed by atoms with Crippen molar-refractivity contribution in [1.82, 2.24) is 19.9 Å². The van der Waals surface area contributed by atoms with Crippen LogP contribution < -0.4 is 5.32 Å². The molecule has 0 bridgehead atoms. The molecule has 0 aliphatic heterocycles. The van der Waals surface area contributed by atoms with Crippen molar-refractivity contribution >= 4 is 11.9 Å². The SMILES string of the molecule is O=C(O)c1cnccc1C(=O)NCCn1ccnc1. The van der Waals surface area contributed by atoms with Crippen LogP contribution in [0.25, 0.3) is 0 Å². The molecule has 2 aromatic heterocycles. The van der Waals surface area contributed by atoms with Gasteiger partial charge in [-0.3, -0.25) is 9.78 Å². The number of pyridine rings is 1. The smallest absolute Gasteiger partial charge is 0.338 e. The highest BCUT2D eigenvalue weighted by Crippen LogP contribution is 2.06. The van der Waals surface area contributed by atoms with Crippen molar-refractivity contribution in [2.24, 2.45) is 0 Å². The fourth-order valence-electron chi connectivity index (χ4n) is 1.58. The molecule has 0 saturated heterocycles. The zero-order chi connectivity index (χ0) is 13.7. The molecule has 19 heavy (non-hydrogen) atoms. The Morgan fingerprint density at radius 3 is 2.79 bits per heavy atom. The van der Waals surface area contributed by atoms with E-state index in [9.17, 15) is 9.59 Å². The van der Waals surface area contributed by atoms with E-state index in [1.165, 1.54) is 12.3 Å². The highest BCUT2D eigenvalue weighted by atomic mass is 16.4. The zero-order valence-corrected chi connectivity index (χ0v) is 9.98. The van der Waals surface area contributed by atoms with Gasteiger partial charge in [0.15, 0.2) is 0 Å². The summed E-state index contributed by atoms with van der Waals surface area (Å²) in [4.78, 5) is 30.4. The molecule has 0 aliphatic carbocycles. The Balaban J connectivity index is 1.98. The van der Waals surface area contributed by atoms with E-state index in [1.54, 1.807) is 18.7 Å². The van der Waals surface area contributed by atoms with Crippen LogP contribution in [0.3, 0.4) is 0 Å². The van der Waals surface area contributed by atoms with E-state index < -0.39 is 11.9 Å². The van der Waals surface area contributed by atoms with Gasteiger partial charge in [-0.05, 0) is 6.07 Å². The van der Waals surface area contributed by atoms with Crippen LogP contribution in [0.15, 0.2) is 37.2 Å². The number of rotatable bonds is 5. The number of nitrogens with one attached hydrogen (secondary N) is 1. The fourth-order valence-corrected chi connectivity index (χ4v) is 1.58. The van der Waals surface area contributed by atoms with Gasteiger partial charge in [0.1, 0.15) is 0 Å². The van der Waals surface area contributed by atoms with Crippen molar-refractivity contribution in [3.8, 4) is 0 Å². The van der Waals surface area contributed by atoms with Crippen LogP contribution in [0.4, 0.5) is 0 Å². The summed E-state index contributed by atoms with van der Waals surface area (Å²) in [5, 5.41) is 11.6. The molecular formula is C12H12N4O3. The Hall–Kier alpha value is -2.70. The number of hydrogen-bond donors (Lipinski definition) is 2. The number of aromatic nitrogens is 3. The van der Waals surface area contributed by atoms with E-state index >= 15 is 0 Å². The number of carbonyl (C=O) groups excluding carboxylic acids is 1. The van der Waals surface area contributed by atoms with E-state index in [1.807, 2.05) is 4.57 Å². The van der Waals surface area contributed by atoms with Crippen LogP contribution in [-0.2, 0) is 6.54 Å². The summed E-state index contributed by atoms with van der Waals surface area (Å²) in [5.41, 5.74) is -0.00392. The number of nitrogens with zero attached hydrogens (tertiary/aromatic N) is 3. The Bertz CT molecular complexity index is 580. The molecule has 7 nitrogen and oxygen atoms in total. The molecule has 0 aliphatic rings. The quantitative estimate of drug-likeness (QED) is 0.811. The van der Waals surface area contributed by atoms with Gasteiger partial charge in [-0.1, -0.05) is 0 Å². The first-order valence-electron chi connectivity index (χ1n) is 5.59. The predicted octanol–water partition coefficient (Wildman–Crippen LogP) is 0.406. The molecule has 1 amide bonds. The Kier molecular flexibility index (Phi) is 3.87. The molecule has 0 fully saturated rings. The van der Waals surface area contributed by atoms with Gasteiger partial charge in [-0.2, -0.15) is 0 Å². The maximum absolute atomic E-state index is 11.9. The summed E-state index contributed by atoms with van der Waals surface area (Å²) in [6, 6.07) is 1.38. The molecule has 0 radical (unpaired) electrons. The lowest BCUT2D eigenvalue weighted by Gasteiger charge is -2.07. The predicted molar refractivity (Wildman–Crippen MR) is 65.8 cm³/mol. The molecule has 7 heteroatoms. The van der Waals surface area contributed by atoms with Crippen LogP contribution in [-0.4, -0.2) is 38.1 Å². The molecule has 0 unspecified atom stereocenters. The molecule has 0 saturated carbocycles. The Morgan fingerprint density at radius 2 is 2.11 bits per heavy atom. The van der Waals surface area contributed by atoms with Crippen LogP contribution in [0, 0.1) is 0 Å². The van der Waals surface area contributed by atoms with E-state index in [4.69, 9.17) is 5.11 Å². The molecule has 2 heterocycles. The number of carbonyl (C=O) groups is 2. The van der Waals surface area contributed by atoms with Crippen molar-refractivity contribution in [1.29, 1.82) is 0 Å². The third-order valence-electron chi connectivity index (χ3n) is 2.51. The highest BCUT2D eigenvalue weighted by molar-refractivity contribution is 6.04. The summed E-state index contributed by atoms with van der Waals surface area (Å²) in [5.74, 6) is -1.60. The summed E-state index contributed by atoms with van der Waals surface area (Å²) < 4.78 is 1.81. The Morgan fingerprint density at radius 1 is 1.26 bits per heavy atom. The summed E-state index contributed by atoms with van der Waals surface area (Å²) in [6.07, 6.45) is 7.61. The van der Waals surface area contributed by atoms with E-state index in [2.05, 4.69) is 15.3 Å². The van der Waals surface area contributed by atoms with Crippen molar-refractivity contribution < 1.29 is 14.7 Å². The third kappa shape index (κ3) is 3.15. The van der Waals surface area contributed by atoms with E-state index in [0.29, 0.717) is 13.1 Å². The number of carboxylic acid groups (broad SMARTS) is 1. The first kappa shape index (κ1) is 12.7. The van der Waals surface area contributed by atoms with Gasteiger partial charge in [-0.25, -0.2) is 9.78 Å². The lowest BCUT2D eigenvalue weighted by molar-refractivity contribution is 0.0690. The molecule has 0 spiro atoms. The minimum atomic E-state index is -1.17. The largest absolute Gasteiger partial charge is 0.478 e. The van der Waals surface area contributed by atoms with Gasteiger partial charge in [-0.15, -0.1) is 0 Å². The first-order valence-corrected chi connectivity index (χ1v) is 5.59. The van der Waals surface area contributed by atoms with Crippen LogP contribution in [0.5, 0.6) is 0 Å². The number of carboxylic acids is 1. The minimum absolute atomic E-state index is 0.105. The lowest BCUT2D eigenvalue weighted by atomic mass is 10.1. The second-order valence-electron chi connectivity index (χ2n) is 3.78. The third-order valence-corrected chi connectivity index (χ3v) is 2.51. The van der Waals surface area contributed by atoms with Crippen LogP contribution >= 0.6 is 0 Å². The fraction of sp³-hybridized carbons (Fsp3) is 0.167. The summed E-state index contributed by atoms with van der Waals surface area (Å²) in [6.45, 7) is 0.954. The average molecular weight is 260 g/mol. The number of hydrogen-bond acceptors (Lipinski definition) is 4. The Labute approximate surface area is 108 Å². The molecule has 0 atom stereocenters. The maximum Gasteiger partial charge on any atom is 0.338 e.